The summed E-state index contributed by atoms with van der Waals surface area (Å²) in [5, 5.41) is 10.0. The molecular weight excluding hydrogens is 558 g/mol. The van der Waals surface area contributed by atoms with E-state index in [1.54, 1.807) is 15.9 Å². The summed E-state index contributed by atoms with van der Waals surface area (Å²) in [7, 11) is 0. The molecule has 2 aliphatic heterocycles. The van der Waals surface area contributed by atoms with Crippen LogP contribution in [-0.4, -0.2) is 69.8 Å². The molecule has 3 fully saturated rings. The molecule has 2 N–H and O–H groups in total. The first-order valence-corrected chi connectivity index (χ1v) is 16.1. The van der Waals surface area contributed by atoms with Gasteiger partial charge in [-0.1, -0.05) is 43.3 Å². The van der Waals surface area contributed by atoms with E-state index in [-0.39, 0.29) is 48.1 Å². The Morgan fingerprint density at radius 1 is 0.932 bits per heavy atom. The molecule has 10 nitrogen and oxygen atoms in total. The van der Waals surface area contributed by atoms with Crippen LogP contribution in [-0.2, 0) is 25.6 Å². The number of amides is 4. The van der Waals surface area contributed by atoms with Gasteiger partial charge in [0.2, 0.25) is 23.6 Å². The molecule has 10 heteroatoms. The van der Waals surface area contributed by atoms with Crippen molar-refractivity contribution in [3.63, 3.8) is 0 Å². The van der Waals surface area contributed by atoms with Crippen LogP contribution in [0.15, 0.2) is 40.9 Å². The molecule has 2 saturated heterocycles. The summed E-state index contributed by atoms with van der Waals surface area (Å²) in [5.41, 5.74) is 2.47. The Kier molecular flexibility index (Phi) is 10.2. The zero-order valence-electron chi connectivity index (χ0n) is 26.1. The molecule has 44 heavy (non-hydrogen) atoms. The summed E-state index contributed by atoms with van der Waals surface area (Å²) in [5.74, 6) is 0.610. The van der Waals surface area contributed by atoms with Crippen molar-refractivity contribution in [2.45, 2.75) is 96.7 Å². The number of rotatable bonds is 9. The third-order valence-corrected chi connectivity index (χ3v) is 9.07. The summed E-state index contributed by atoms with van der Waals surface area (Å²) in [6.07, 6.45) is 11.4. The van der Waals surface area contributed by atoms with E-state index in [2.05, 4.69) is 27.9 Å². The largest absolute Gasteiger partial charge is 0.361 e. The molecule has 1 aromatic carbocycles. The van der Waals surface area contributed by atoms with Crippen LogP contribution < -0.4 is 10.6 Å². The molecule has 2 atom stereocenters. The number of hydrogen-bond acceptors (Lipinski definition) is 6. The highest BCUT2D eigenvalue weighted by molar-refractivity contribution is 5.97. The maximum Gasteiger partial charge on any atom is 0.247 e. The molecule has 2 aromatic rings. The van der Waals surface area contributed by atoms with Crippen LogP contribution in [0, 0.1) is 18.8 Å². The Morgan fingerprint density at radius 2 is 1.59 bits per heavy atom. The zero-order chi connectivity index (χ0) is 31.2. The highest BCUT2D eigenvalue weighted by Crippen LogP contribution is 2.28. The third kappa shape index (κ3) is 7.76. The lowest BCUT2D eigenvalue weighted by atomic mass is 9.85. The zero-order valence-corrected chi connectivity index (χ0v) is 26.1. The molecule has 5 rings (SSSR count). The van der Waals surface area contributed by atoms with Gasteiger partial charge in [-0.3, -0.25) is 19.2 Å². The van der Waals surface area contributed by atoms with E-state index in [0.29, 0.717) is 36.9 Å². The van der Waals surface area contributed by atoms with E-state index in [1.165, 1.54) is 0 Å². The number of allylic oxidation sites excluding steroid dienone is 1. The van der Waals surface area contributed by atoms with Crippen molar-refractivity contribution in [3.8, 4) is 0 Å². The smallest absolute Gasteiger partial charge is 0.247 e. The second-order valence-corrected chi connectivity index (χ2v) is 12.8. The summed E-state index contributed by atoms with van der Waals surface area (Å²) in [6.45, 7) is 6.81. The monoisotopic (exact) mass is 603 g/mol. The van der Waals surface area contributed by atoms with E-state index in [1.807, 2.05) is 45.0 Å². The molecule has 3 heterocycles. The molecule has 0 unspecified atom stereocenters. The van der Waals surface area contributed by atoms with E-state index >= 15 is 0 Å². The predicted molar refractivity (Wildman–Crippen MR) is 167 cm³/mol. The van der Waals surface area contributed by atoms with Crippen LogP contribution in [0.25, 0.3) is 6.08 Å². The highest BCUT2D eigenvalue weighted by Gasteiger charge is 2.36. The van der Waals surface area contributed by atoms with Gasteiger partial charge in [0.25, 0.3) is 0 Å². The first-order valence-electron chi connectivity index (χ1n) is 16.1. The van der Waals surface area contributed by atoms with Gasteiger partial charge in [0.05, 0.1) is 12.1 Å². The van der Waals surface area contributed by atoms with Gasteiger partial charge >= 0.3 is 0 Å². The lowest BCUT2D eigenvalue weighted by molar-refractivity contribution is -0.141. The van der Waals surface area contributed by atoms with E-state index in [4.69, 9.17) is 4.52 Å². The molecule has 4 amide bonds. The van der Waals surface area contributed by atoms with Gasteiger partial charge in [-0.15, -0.1) is 0 Å². The second kappa shape index (κ2) is 14.2. The van der Waals surface area contributed by atoms with E-state index < -0.39 is 6.04 Å². The Labute approximate surface area is 259 Å². The van der Waals surface area contributed by atoms with Gasteiger partial charge in [-0.25, -0.2) is 0 Å². The predicted octanol–water partition coefficient (Wildman–Crippen LogP) is 4.49. The van der Waals surface area contributed by atoms with Crippen LogP contribution >= 0.6 is 0 Å². The normalized spacial score (nSPS) is 23.8. The third-order valence-electron chi connectivity index (χ3n) is 9.07. The molecule has 3 aliphatic rings. The minimum absolute atomic E-state index is 0.00332. The lowest BCUT2D eigenvalue weighted by Gasteiger charge is -2.31. The first-order chi connectivity index (χ1) is 21.2. The fourth-order valence-electron chi connectivity index (χ4n) is 6.63. The molecule has 1 aliphatic carbocycles. The molecule has 0 bridgehead atoms. The van der Waals surface area contributed by atoms with Crippen LogP contribution in [0.1, 0.15) is 82.2 Å². The summed E-state index contributed by atoms with van der Waals surface area (Å²) in [4.78, 5) is 54.7. The number of likely N-dealkylation sites (tertiary alicyclic amines) is 2. The van der Waals surface area contributed by atoms with Gasteiger partial charge in [0.15, 0.2) is 0 Å². The van der Waals surface area contributed by atoms with Crippen molar-refractivity contribution >= 4 is 35.4 Å². The van der Waals surface area contributed by atoms with Crippen LogP contribution in [0.2, 0.25) is 0 Å². The number of carbonyl (C=O) groups excluding carboxylic acids is 4. The maximum atomic E-state index is 13.0. The standard InChI is InChI=1S/C34H45N5O5/c1-22(2)34(43)39-19-5-7-30(39)33(42)36-27-16-12-25(13-17-27)9-8-24-10-14-26(15-11-24)35-32(41)29-6-4-18-38(29)31(40)21-28-20-23(3)37-44-28/h8-11,14-15,20,22,25,27,29-30H,4-7,12-13,16-19,21H2,1-3H3,(H,35,41)(H,36,42)/b9-8+/t25?,27?,29-,30-/m0/s1. The number of aromatic nitrogens is 1. The second-order valence-electron chi connectivity index (χ2n) is 12.8. The van der Waals surface area contributed by atoms with Crippen LogP contribution in [0.3, 0.4) is 0 Å². The Morgan fingerprint density at radius 3 is 2.23 bits per heavy atom. The summed E-state index contributed by atoms with van der Waals surface area (Å²) in [6, 6.07) is 8.81. The average molecular weight is 604 g/mol. The SMILES string of the molecule is Cc1cc(CC(=O)N2CCC[C@H]2C(=O)Nc2ccc(/C=C/C3CCC(NC(=O)[C@@H]4CCCN4C(=O)C(C)C)CC3)cc2)on1. The molecule has 0 radical (unpaired) electrons. The van der Waals surface area contributed by atoms with Crippen LogP contribution in [0.4, 0.5) is 5.69 Å². The van der Waals surface area contributed by atoms with Gasteiger partial charge in [-0.2, -0.15) is 0 Å². The van der Waals surface area contributed by atoms with Crippen molar-refractivity contribution in [3.05, 3.63) is 53.4 Å². The number of benzene rings is 1. The van der Waals surface area contributed by atoms with Crippen molar-refractivity contribution in [1.29, 1.82) is 0 Å². The molecule has 236 valence electrons. The Balaban J connectivity index is 1.06. The number of hydrogen-bond donors (Lipinski definition) is 2. The number of aryl methyl sites for hydroxylation is 1. The van der Waals surface area contributed by atoms with Gasteiger partial charge in [0, 0.05) is 36.8 Å². The summed E-state index contributed by atoms with van der Waals surface area (Å²) >= 11 is 0. The number of carbonyl (C=O) groups is 4. The maximum absolute atomic E-state index is 13.0. The number of nitrogens with one attached hydrogen (secondary N) is 2. The minimum atomic E-state index is -0.495. The Hall–Kier alpha value is -3.95. The Bertz CT molecular complexity index is 1360. The fourth-order valence-corrected chi connectivity index (χ4v) is 6.63. The molecule has 1 saturated carbocycles. The summed E-state index contributed by atoms with van der Waals surface area (Å²) < 4.78 is 5.18. The van der Waals surface area contributed by atoms with Gasteiger partial charge in [0.1, 0.15) is 17.8 Å². The highest BCUT2D eigenvalue weighted by atomic mass is 16.5. The number of nitrogens with zero attached hydrogens (tertiary/aromatic N) is 3. The van der Waals surface area contributed by atoms with Crippen molar-refractivity contribution in [2.75, 3.05) is 18.4 Å². The van der Waals surface area contributed by atoms with E-state index in [0.717, 1.165) is 56.2 Å². The van der Waals surface area contributed by atoms with Crippen molar-refractivity contribution in [2.24, 2.45) is 11.8 Å². The lowest BCUT2D eigenvalue weighted by Crippen LogP contribution is -2.50. The van der Waals surface area contributed by atoms with Crippen LogP contribution in [0.5, 0.6) is 0 Å². The first kappa shape index (κ1) is 31.5. The quantitative estimate of drug-likeness (QED) is 0.435. The fraction of sp³-hybridized carbons (Fsp3) is 0.559. The molecule has 0 spiro atoms. The van der Waals surface area contributed by atoms with Gasteiger partial charge < -0.3 is 25.0 Å². The molecular formula is C34H45N5O5. The molecule has 1 aromatic heterocycles. The average Bonchev–Trinajstić information content (AvgIpc) is 3.78. The topological polar surface area (TPSA) is 125 Å². The van der Waals surface area contributed by atoms with Crippen molar-refractivity contribution < 1.29 is 23.7 Å². The minimum Gasteiger partial charge on any atom is -0.361 e. The van der Waals surface area contributed by atoms with E-state index in [9.17, 15) is 19.2 Å². The van der Waals surface area contributed by atoms with Gasteiger partial charge in [-0.05, 0) is 81.9 Å². The number of anilines is 1. The van der Waals surface area contributed by atoms with Crippen molar-refractivity contribution in [1.82, 2.24) is 20.3 Å².